The minimum Gasteiger partial charge on any atom is -0.147 e. The number of allylic oxidation sites excluding steroid dienone is 4. The van der Waals surface area contributed by atoms with Gasteiger partial charge in [0.2, 0.25) is 0 Å². The van der Waals surface area contributed by atoms with Gasteiger partial charge in [-0.25, -0.2) is 0 Å². The zero-order valence-electron chi connectivity index (χ0n) is 9.22. The summed E-state index contributed by atoms with van der Waals surface area (Å²) in [7, 11) is 0. The molecule has 0 aromatic carbocycles. The van der Waals surface area contributed by atoms with E-state index >= 15 is 0 Å². The molecule has 0 radical (unpaired) electrons. The van der Waals surface area contributed by atoms with Gasteiger partial charge < -0.3 is 0 Å². The van der Waals surface area contributed by atoms with Crippen LogP contribution < -0.4 is 0 Å². The van der Waals surface area contributed by atoms with Crippen molar-refractivity contribution in [2.75, 3.05) is 0 Å². The van der Waals surface area contributed by atoms with E-state index in [9.17, 15) is 0 Å². The topological polar surface area (TPSA) is 0 Å². The zero-order chi connectivity index (χ0) is 8.81. The van der Waals surface area contributed by atoms with E-state index in [4.69, 9.17) is 0 Å². The Morgan fingerprint density at radius 2 is 1.21 bits per heavy atom. The summed E-state index contributed by atoms with van der Waals surface area (Å²) < 4.78 is 1.53. The Bertz CT molecular complexity index is 239. The van der Waals surface area contributed by atoms with Crippen LogP contribution in [0, 0.1) is 5.41 Å². The molecule has 0 atom stereocenters. The van der Waals surface area contributed by atoms with Gasteiger partial charge in [-0.15, -0.1) is 37.2 Å². The normalized spacial score (nSPS) is 18.3. The summed E-state index contributed by atoms with van der Waals surface area (Å²) in [5.41, 5.74) is 4.83. The van der Waals surface area contributed by atoms with Gasteiger partial charge in [-0.3, -0.25) is 0 Å². The average Bonchev–Trinajstić information content (AvgIpc) is 2.06. The fourth-order valence-corrected chi connectivity index (χ4v) is 2.18. The third kappa shape index (κ3) is 3.03. The molecule has 0 bridgehead atoms. The van der Waals surface area contributed by atoms with E-state index in [2.05, 4.69) is 55.1 Å². The van der Waals surface area contributed by atoms with E-state index < -0.39 is 0 Å². The maximum Gasteiger partial charge on any atom is -0.147 e. The molecular formula is C10H18Cl3Ti. The van der Waals surface area contributed by atoms with Crippen molar-refractivity contribution < 1.29 is 20.4 Å². The molecule has 0 nitrogen and oxygen atoms in total. The second-order valence-electron chi connectivity index (χ2n) is 3.88. The number of hydrogen-bond donors (Lipinski definition) is 0. The third-order valence-corrected chi connectivity index (χ3v) is 4.62. The van der Waals surface area contributed by atoms with Crippen LogP contribution in [-0.4, -0.2) is 0 Å². The van der Waals surface area contributed by atoms with Gasteiger partial charge in [0.25, 0.3) is 0 Å². The van der Waals surface area contributed by atoms with Crippen molar-refractivity contribution in [3.8, 4) is 0 Å². The van der Waals surface area contributed by atoms with Gasteiger partial charge in [-0.1, -0.05) is 0 Å². The predicted octanol–water partition coefficient (Wildman–Crippen LogP) is 4.45. The Morgan fingerprint density at radius 3 is 1.29 bits per heavy atom. The molecule has 1 aliphatic rings. The van der Waals surface area contributed by atoms with Crippen LogP contribution in [0.25, 0.3) is 0 Å². The molecular weight excluding hydrogens is 274 g/mol. The molecule has 1 aliphatic carbocycles. The summed E-state index contributed by atoms with van der Waals surface area (Å²) in [5.74, 6) is 0. The first kappa shape index (κ1) is 20.5. The van der Waals surface area contributed by atoms with Crippen molar-refractivity contribution in [3.63, 3.8) is 0 Å². The van der Waals surface area contributed by atoms with E-state index in [0.29, 0.717) is 5.41 Å². The monoisotopic (exact) mass is 291 g/mol. The standard InChI is InChI=1S/C10H15.3ClH.Ti/c1-7-6-10(4,5)9(3)8(7)2;;;;/h1-5H3;3*1H;. The third-order valence-electron chi connectivity index (χ3n) is 3.06. The van der Waals surface area contributed by atoms with Crippen molar-refractivity contribution in [1.82, 2.24) is 0 Å². The van der Waals surface area contributed by atoms with Crippen molar-refractivity contribution >= 4 is 37.2 Å². The summed E-state index contributed by atoms with van der Waals surface area (Å²) in [6, 6.07) is 0. The molecule has 14 heavy (non-hydrogen) atoms. The molecule has 0 spiro atoms. The fourth-order valence-electron chi connectivity index (χ4n) is 1.59. The maximum absolute atomic E-state index is 2.30. The van der Waals surface area contributed by atoms with Gasteiger partial charge in [0.15, 0.2) is 0 Å². The van der Waals surface area contributed by atoms with E-state index in [1.165, 1.54) is 20.6 Å². The summed E-state index contributed by atoms with van der Waals surface area (Å²) >= 11 is 2.25. The quantitative estimate of drug-likeness (QED) is 0.579. The molecule has 0 fully saturated rings. The summed E-state index contributed by atoms with van der Waals surface area (Å²) in [6.45, 7) is 11.3. The van der Waals surface area contributed by atoms with E-state index in [1.54, 1.807) is 0 Å². The maximum atomic E-state index is 2.30. The van der Waals surface area contributed by atoms with Crippen LogP contribution in [0.4, 0.5) is 0 Å². The predicted molar refractivity (Wildman–Crippen MR) is 66.6 cm³/mol. The Labute approximate surface area is 118 Å². The van der Waals surface area contributed by atoms with Crippen molar-refractivity contribution in [2.45, 2.75) is 34.6 Å². The van der Waals surface area contributed by atoms with Crippen LogP contribution in [-0.2, 0) is 20.4 Å². The van der Waals surface area contributed by atoms with Gasteiger partial charge in [0.05, 0.1) is 0 Å². The van der Waals surface area contributed by atoms with Gasteiger partial charge in [0.1, 0.15) is 0 Å². The Balaban J connectivity index is -0.000000403. The van der Waals surface area contributed by atoms with Gasteiger partial charge in [-0.2, -0.15) is 0 Å². The number of hydrogen-bond acceptors (Lipinski definition) is 0. The molecule has 0 aromatic heterocycles. The molecule has 0 saturated carbocycles. The van der Waals surface area contributed by atoms with Gasteiger partial charge >= 0.3 is 81.1 Å². The van der Waals surface area contributed by atoms with Crippen LogP contribution in [0.5, 0.6) is 0 Å². The van der Waals surface area contributed by atoms with E-state index in [1.807, 2.05) is 0 Å². The van der Waals surface area contributed by atoms with Crippen LogP contribution in [0.15, 0.2) is 20.6 Å². The first-order valence-corrected chi connectivity index (χ1v) is 4.78. The molecule has 0 unspecified atom stereocenters. The van der Waals surface area contributed by atoms with Gasteiger partial charge in [0, 0.05) is 0 Å². The van der Waals surface area contributed by atoms with Crippen LogP contribution in [0.2, 0.25) is 0 Å². The summed E-state index contributed by atoms with van der Waals surface area (Å²) in [4.78, 5) is 0. The number of rotatable bonds is 0. The van der Waals surface area contributed by atoms with E-state index in [0.717, 1.165) is 0 Å². The average molecular weight is 292 g/mol. The molecule has 83 valence electrons. The van der Waals surface area contributed by atoms with Gasteiger partial charge in [-0.05, 0) is 0 Å². The molecule has 0 N–H and O–H groups in total. The zero-order valence-corrected chi connectivity index (χ0v) is 13.2. The molecule has 0 aromatic rings. The minimum absolute atomic E-state index is 0. The summed E-state index contributed by atoms with van der Waals surface area (Å²) in [5, 5.41) is 0. The van der Waals surface area contributed by atoms with Crippen LogP contribution >= 0.6 is 37.2 Å². The summed E-state index contributed by atoms with van der Waals surface area (Å²) in [6.07, 6.45) is 0. The smallest absolute Gasteiger partial charge is 0.147 e. The van der Waals surface area contributed by atoms with Crippen LogP contribution in [0.1, 0.15) is 34.6 Å². The molecule has 0 heterocycles. The fraction of sp³-hybridized carbons (Fsp3) is 0.600. The SMILES string of the molecule is CC1=C(C)C(C)(C)[C]([Ti])=C1C.Cl.Cl.Cl. The van der Waals surface area contributed by atoms with Crippen molar-refractivity contribution in [3.05, 3.63) is 20.6 Å². The minimum atomic E-state index is 0. The largest absolute Gasteiger partial charge is 0.147 e. The molecule has 0 saturated heterocycles. The molecule has 1 rings (SSSR count). The Morgan fingerprint density at radius 1 is 0.857 bits per heavy atom. The van der Waals surface area contributed by atoms with Crippen molar-refractivity contribution in [2.24, 2.45) is 5.41 Å². The second-order valence-corrected chi connectivity index (χ2v) is 4.66. The first-order valence-electron chi connectivity index (χ1n) is 4.00. The Hall–Kier alpha value is 1.06. The molecule has 0 amide bonds. The molecule has 4 heteroatoms. The molecule has 0 aliphatic heterocycles. The van der Waals surface area contributed by atoms with Crippen molar-refractivity contribution in [1.29, 1.82) is 0 Å². The Kier molecular flexibility index (Phi) is 9.66. The van der Waals surface area contributed by atoms with Crippen LogP contribution in [0.3, 0.4) is 0 Å². The second kappa shape index (κ2) is 6.60. The van der Waals surface area contributed by atoms with E-state index in [-0.39, 0.29) is 37.2 Å². The first-order chi connectivity index (χ1) is 4.89. The number of halogens is 3.